The Kier molecular flexibility index (Phi) is 7.61. The van der Waals surface area contributed by atoms with Crippen molar-refractivity contribution in [1.29, 1.82) is 0 Å². The Bertz CT molecular complexity index is 423. The first-order valence-corrected chi connectivity index (χ1v) is 6.77. The molecule has 0 amide bonds. The third-order valence-corrected chi connectivity index (χ3v) is 3.19. The van der Waals surface area contributed by atoms with Crippen LogP contribution in [-0.4, -0.2) is 50.4 Å². The predicted octanol–water partition coefficient (Wildman–Crippen LogP) is 1.75. The quantitative estimate of drug-likeness (QED) is 0.704. The number of hydrogen-bond donors (Lipinski definition) is 1. The summed E-state index contributed by atoms with van der Waals surface area (Å²) in [6.45, 7) is 2.35. The summed E-state index contributed by atoms with van der Waals surface area (Å²) in [6.07, 6.45) is 0. The summed E-state index contributed by atoms with van der Waals surface area (Å²) in [5, 5.41) is 0. The minimum Gasteiger partial charge on any atom is -0.392 e. The molecule has 0 fully saturated rings. The van der Waals surface area contributed by atoms with Crippen molar-refractivity contribution in [3.05, 3.63) is 35.6 Å². The van der Waals surface area contributed by atoms with E-state index in [2.05, 4.69) is 0 Å². The first-order chi connectivity index (χ1) is 9.60. The number of ether oxygens (including phenoxy) is 2. The summed E-state index contributed by atoms with van der Waals surface area (Å²) in [6, 6.07) is 6.00. The summed E-state index contributed by atoms with van der Waals surface area (Å²) in [5.74, 6) is -0.304. The number of halogens is 1. The summed E-state index contributed by atoms with van der Waals surface area (Å²) in [5.41, 5.74) is 6.59. The standard InChI is InChI=1S/C14H21FN2O2S/c1-18-8-6-17(7-9-19-2)13(14(16)20)11-4-3-5-12(15)10-11/h3-5,10,13H,6-9H2,1-2H3,(H2,16,20). The summed E-state index contributed by atoms with van der Waals surface area (Å²) < 4.78 is 23.6. The molecule has 0 bridgehead atoms. The van der Waals surface area contributed by atoms with Gasteiger partial charge in [0.25, 0.3) is 0 Å². The Balaban J connectivity index is 2.97. The SMILES string of the molecule is COCCN(CCOC)C(C(N)=S)c1cccc(F)c1. The van der Waals surface area contributed by atoms with Crippen LogP contribution >= 0.6 is 12.2 Å². The number of thiocarbonyl (C=S) groups is 1. The van der Waals surface area contributed by atoms with E-state index in [1.54, 1.807) is 20.3 Å². The second kappa shape index (κ2) is 8.97. The molecule has 1 rings (SSSR count). The predicted molar refractivity (Wildman–Crippen MR) is 81.3 cm³/mol. The van der Waals surface area contributed by atoms with Crippen LogP contribution in [0, 0.1) is 5.82 Å². The van der Waals surface area contributed by atoms with Crippen LogP contribution < -0.4 is 5.73 Å². The molecule has 1 aromatic carbocycles. The van der Waals surface area contributed by atoms with Crippen molar-refractivity contribution < 1.29 is 13.9 Å². The highest BCUT2D eigenvalue weighted by Gasteiger charge is 2.23. The van der Waals surface area contributed by atoms with Crippen molar-refractivity contribution in [2.45, 2.75) is 6.04 Å². The molecule has 2 N–H and O–H groups in total. The topological polar surface area (TPSA) is 47.7 Å². The van der Waals surface area contributed by atoms with E-state index in [0.29, 0.717) is 31.3 Å². The molecule has 112 valence electrons. The van der Waals surface area contributed by atoms with E-state index in [-0.39, 0.29) is 11.9 Å². The van der Waals surface area contributed by atoms with Crippen molar-refractivity contribution in [2.24, 2.45) is 5.73 Å². The molecule has 0 aliphatic carbocycles. The molecule has 1 aromatic rings. The number of methoxy groups -OCH3 is 2. The van der Waals surface area contributed by atoms with E-state index >= 15 is 0 Å². The van der Waals surface area contributed by atoms with Gasteiger partial charge in [0.2, 0.25) is 0 Å². The Labute approximate surface area is 124 Å². The summed E-state index contributed by atoms with van der Waals surface area (Å²) in [4.78, 5) is 2.34. The molecule has 1 unspecified atom stereocenters. The Morgan fingerprint density at radius 2 is 1.90 bits per heavy atom. The minimum absolute atomic E-state index is 0.304. The molecular weight excluding hydrogens is 279 g/mol. The molecule has 20 heavy (non-hydrogen) atoms. The summed E-state index contributed by atoms with van der Waals surface area (Å²) >= 11 is 5.15. The van der Waals surface area contributed by atoms with Gasteiger partial charge < -0.3 is 15.2 Å². The maximum absolute atomic E-state index is 13.4. The van der Waals surface area contributed by atoms with Gasteiger partial charge in [-0.25, -0.2) is 4.39 Å². The number of nitrogens with zero attached hydrogens (tertiary/aromatic N) is 1. The van der Waals surface area contributed by atoms with Gasteiger partial charge in [0.1, 0.15) is 5.82 Å². The van der Waals surface area contributed by atoms with E-state index in [0.717, 1.165) is 5.56 Å². The first-order valence-electron chi connectivity index (χ1n) is 6.37. The van der Waals surface area contributed by atoms with E-state index in [1.165, 1.54) is 12.1 Å². The lowest BCUT2D eigenvalue weighted by Crippen LogP contribution is -2.40. The molecule has 4 nitrogen and oxygen atoms in total. The number of benzene rings is 1. The number of rotatable bonds is 9. The van der Waals surface area contributed by atoms with Crippen LogP contribution in [0.15, 0.2) is 24.3 Å². The van der Waals surface area contributed by atoms with Crippen molar-refractivity contribution in [2.75, 3.05) is 40.5 Å². The second-order valence-electron chi connectivity index (χ2n) is 4.38. The molecular formula is C14H21FN2O2S. The van der Waals surface area contributed by atoms with Crippen molar-refractivity contribution in [1.82, 2.24) is 4.90 Å². The van der Waals surface area contributed by atoms with Crippen LogP contribution in [0.1, 0.15) is 11.6 Å². The lowest BCUT2D eigenvalue weighted by molar-refractivity contribution is 0.103. The lowest BCUT2D eigenvalue weighted by atomic mass is 10.0. The van der Waals surface area contributed by atoms with Gasteiger partial charge in [0, 0.05) is 27.3 Å². The van der Waals surface area contributed by atoms with Crippen LogP contribution in [0.2, 0.25) is 0 Å². The fraction of sp³-hybridized carbons (Fsp3) is 0.500. The molecule has 0 heterocycles. The normalized spacial score (nSPS) is 12.6. The average Bonchev–Trinajstić information content (AvgIpc) is 2.41. The Morgan fingerprint density at radius 3 is 2.35 bits per heavy atom. The fourth-order valence-corrected chi connectivity index (χ4v) is 2.30. The maximum atomic E-state index is 13.4. The molecule has 0 saturated carbocycles. The van der Waals surface area contributed by atoms with Crippen LogP contribution in [0.5, 0.6) is 0 Å². The van der Waals surface area contributed by atoms with Gasteiger partial charge in [-0.05, 0) is 17.7 Å². The first kappa shape index (κ1) is 17.0. The monoisotopic (exact) mass is 300 g/mol. The van der Waals surface area contributed by atoms with Gasteiger partial charge in [-0.2, -0.15) is 0 Å². The van der Waals surface area contributed by atoms with Crippen LogP contribution in [0.3, 0.4) is 0 Å². The molecule has 6 heteroatoms. The van der Waals surface area contributed by atoms with E-state index in [4.69, 9.17) is 27.4 Å². The third kappa shape index (κ3) is 5.13. The number of hydrogen-bond acceptors (Lipinski definition) is 4. The molecule has 0 spiro atoms. The zero-order valence-electron chi connectivity index (χ0n) is 11.8. The van der Waals surface area contributed by atoms with Gasteiger partial charge in [-0.15, -0.1) is 0 Å². The molecule has 0 aliphatic rings. The third-order valence-electron chi connectivity index (χ3n) is 2.96. The molecule has 0 saturated heterocycles. The van der Waals surface area contributed by atoms with Gasteiger partial charge in [0.15, 0.2) is 0 Å². The Morgan fingerprint density at radius 1 is 1.30 bits per heavy atom. The van der Waals surface area contributed by atoms with Gasteiger partial charge in [-0.3, -0.25) is 4.90 Å². The van der Waals surface area contributed by atoms with Crippen LogP contribution in [0.25, 0.3) is 0 Å². The van der Waals surface area contributed by atoms with Crippen molar-refractivity contribution in [3.8, 4) is 0 Å². The molecule has 0 radical (unpaired) electrons. The highest BCUT2D eigenvalue weighted by Crippen LogP contribution is 2.21. The van der Waals surface area contributed by atoms with Crippen molar-refractivity contribution in [3.63, 3.8) is 0 Å². The van der Waals surface area contributed by atoms with Gasteiger partial charge in [-0.1, -0.05) is 24.4 Å². The maximum Gasteiger partial charge on any atom is 0.123 e. The minimum atomic E-state index is -0.328. The molecule has 1 atom stereocenters. The van der Waals surface area contributed by atoms with Gasteiger partial charge >= 0.3 is 0 Å². The average molecular weight is 300 g/mol. The largest absolute Gasteiger partial charge is 0.392 e. The molecule has 0 aliphatic heterocycles. The highest BCUT2D eigenvalue weighted by molar-refractivity contribution is 7.80. The van der Waals surface area contributed by atoms with E-state index in [1.807, 2.05) is 11.0 Å². The smallest absolute Gasteiger partial charge is 0.123 e. The number of nitrogens with two attached hydrogens (primary N) is 1. The van der Waals surface area contributed by atoms with E-state index < -0.39 is 0 Å². The Hall–Kier alpha value is -1.08. The zero-order valence-corrected chi connectivity index (χ0v) is 12.7. The van der Waals surface area contributed by atoms with Crippen LogP contribution in [-0.2, 0) is 9.47 Å². The highest BCUT2D eigenvalue weighted by atomic mass is 32.1. The van der Waals surface area contributed by atoms with Crippen molar-refractivity contribution >= 4 is 17.2 Å². The van der Waals surface area contributed by atoms with E-state index in [9.17, 15) is 4.39 Å². The zero-order chi connectivity index (χ0) is 15.0. The lowest BCUT2D eigenvalue weighted by Gasteiger charge is -2.31. The summed E-state index contributed by atoms with van der Waals surface area (Å²) in [7, 11) is 3.26. The fourth-order valence-electron chi connectivity index (χ4n) is 2.02. The molecule has 0 aromatic heterocycles. The second-order valence-corrected chi connectivity index (χ2v) is 4.85. The van der Waals surface area contributed by atoms with Crippen LogP contribution in [0.4, 0.5) is 4.39 Å². The van der Waals surface area contributed by atoms with Gasteiger partial charge in [0.05, 0.1) is 24.2 Å².